The maximum Gasteiger partial charge on any atom is 0.191 e. The van der Waals surface area contributed by atoms with Crippen LogP contribution in [0.1, 0.15) is 13.3 Å². The number of guanidine groups is 1. The molecular weight excluding hydrogens is 337 g/mol. The smallest absolute Gasteiger partial charge is 0.191 e. The molecule has 0 rings (SSSR count). The minimum absolute atomic E-state index is 0. The molecule has 6 heteroatoms. The lowest BCUT2D eigenvalue weighted by Gasteiger charge is -2.14. The molecule has 0 radical (unpaired) electrons. The molecule has 0 heterocycles. The number of aliphatic imine (C=N–C) groups is 1. The van der Waals surface area contributed by atoms with E-state index in [0.29, 0.717) is 5.25 Å². The average molecular weight is 361 g/mol. The lowest BCUT2D eigenvalue weighted by molar-refractivity contribution is 0.195. The largest absolute Gasteiger partial charge is 0.385 e. The first kappa shape index (κ1) is 18.7. The number of hydrogen-bond acceptors (Lipinski definition) is 3. The Labute approximate surface area is 120 Å². The van der Waals surface area contributed by atoms with Gasteiger partial charge in [-0.2, -0.15) is 11.8 Å². The maximum absolute atomic E-state index is 4.97. The van der Waals surface area contributed by atoms with E-state index in [1.54, 1.807) is 14.2 Å². The quantitative estimate of drug-likeness (QED) is 0.313. The van der Waals surface area contributed by atoms with Crippen LogP contribution in [0.3, 0.4) is 0 Å². The summed E-state index contributed by atoms with van der Waals surface area (Å²) in [6.07, 6.45) is 3.11. The fraction of sp³-hybridized carbons (Fsp3) is 0.900. The highest BCUT2D eigenvalue weighted by Crippen LogP contribution is 2.01. The monoisotopic (exact) mass is 361 g/mol. The molecule has 1 atom stereocenters. The number of halogens is 1. The first-order valence-electron chi connectivity index (χ1n) is 5.20. The van der Waals surface area contributed by atoms with Crippen molar-refractivity contribution in [3.05, 3.63) is 0 Å². The van der Waals surface area contributed by atoms with E-state index in [9.17, 15) is 0 Å². The van der Waals surface area contributed by atoms with Crippen molar-refractivity contribution in [3.8, 4) is 0 Å². The number of hydrogen-bond donors (Lipinski definition) is 2. The van der Waals surface area contributed by atoms with E-state index in [4.69, 9.17) is 4.74 Å². The lowest BCUT2D eigenvalue weighted by atomic mass is 10.4. The van der Waals surface area contributed by atoms with Crippen molar-refractivity contribution in [1.82, 2.24) is 10.6 Å². The molecule has 4 nitrogen and oxygen atoms in total. The van der Waals surface area contributed by atoms with Gasteiger partial charge in [-0.25, -0.2) is 0 Å². The third-order valence-electron chi connectivity index (χ3n) is 2.00. The van der Waals surface area contributed by atoms with Crippen LogP contribution in [0.4, 0.5) is 0 Å². The Hall–Kier alpha value is 0.310. The van der Waals surface area contributed by atoms with Crippen molar-refractivity contribution in [2.45, 2.75) is 18.6 Å². The summed E-state index contributed by atoms with van der Waals surface area (Å²) in [7, 11) is 3.50. The van der Waals surface area contributed by atoms with E-state index in [0.717, 1.165) is 32.1 Å². The predicted octanol–water partition coefficient (Wildman–Crippen LogP) is 1.56. The lowest BCUT2D eigenvalue weighted by Crippen LogP contribution is -2.40. The van der Waals surface area contributed by atoms with Gasteiger partial charge in [-0.3, -0.25) is 4.99 Å². The van der Waals surface area contributed by atoms with Gasteiger partial charge in [0, 0.05) is 39.1 Å². The van der Waals surface area contributed by atoms with Crippen LogP contribution in [0.15, 0.2) is 4.99 Å². The highest BCUT2D eigenvalue weighted by molar-refractivity contribution is 14.0. The van der Waals surface area contributed by atoms with Crippen LogP contribution >= 0.6 is 35.7 Å². The Kier molecular flexibility index (Phi) is 15.6. The number of methoxy groups -OCH3 is 1. The molecule has 0 fully saturated rings. The van der Waals surface area contributed by atoms with E-state index < -0.39 is 0 Å². The molecule has 0 aliphatic rings. The molecule has 16 heavy (non-hydrogen) atoms. The third kappa shape index (κ3) is 10.8. The second-order valence-corrected chi connectivity index (χ2v) is 4.55. The van der Waals surface area contributed by atoms with Crippen molar-refractivity contribution in [1.29, 1.82) is 0 Å². The van der Waals surface area contributed by atoms with Gasteiger partial charge in [-0.15, -0.1) is 24.0 Å². The van der Waals surface area contributed by atoms with Crippen molar-refractivity contribution in [3.63, 3.8) is 0 Å². The molecule has 0 aliphatic carbocycles. The normalized spacial score (nSPS) is 12.9. The van der Waals surface area contributed by atoms with Gasteiger partial charge < -0.3 is 15.4 Å². The van der Waals surface area contributed by atoms with Crippen LogP contribution < -0.4 is 10.6 Å². The third-order valence-corrected chi connectivity index (χ3v) is 2.97. The van der Waals surface area contributed by atoms with E-state index in [-0.39, 0.29) is 24.0 Å². The van der Waals surface area contributed by atoms with E-state index in [1.807, 2.05) is 11.8 Å². The molecule has 0 aromatic carbocycles. The van der Waals surface area contributed by atoms with Gasteiger partial charge in [0.25, 0.3) is 0 Å². The van der Waals surface area contributed by atoms with Crippen LogP contribution in [-0.2, 0) is 4.74 Å². The minimum Gasteiger partial charge on any atom is -0.385 e. The van der Waals surface area contributed by atoms with Gasteiger partial charge in [0.1, 0.15) is 0 Å². The number of thioether (sulfide) groups is 1. The van der Waals surface area contributed by atoms with Gasteiger partial charge in [-0.05, 0) is 12.7 Å². The summed E-state index contributed by atoms with van der Waals surface area (Å²) < 4.78 is 4.97. The van der Waals surface area contributed by atoms with E-state index in [1.165, 1.54) is 0 Å². The van der Waals surface area contributed by atoms with Crippen LogP contribution in [0.5, 0.6) is 0 Å². The molecule has 98 valence electrons. The SMILES string of the molecule is CN=C(NCCCOC)NCC(C)SC.I. The summed E-state index contributed by atoms with van der Waals surface area (Å²) in [4.78, 5) is 4.14. The Morgan fingerprint density at radius 1 is 1.44 bits per heavy atom. The summed E-state index contributed by atoms with van der Waals surface area (Å²) in [5.41, 5.74) is 0. The number of nitrogens with zero attached hydrogens (tertiary/aromatic N) is 1. The first-order chi connectivity index (χ1) is 7.24. The number of rotatable bonds is 7. The minimum atomic E-state index is 0. The molecule has 0 aliphatic heterocycles. The van der Waals surface area contributed by atoms with Crippen LogP contribution in [0, 0.1) is 0 Å². The molecule has 0 saturated carbocycles. The van der Waals surface area contributed by atoms with Gasteiger partial charge in [0.05, 0.1) is 0 Å². The molecule has 0 spiro atoms. The van der Waals surface area contributed by atoms with E-state index >= 15 is 0 Å². The summed E-state index contributed by atoms with van der Waals surface area (Å²) in [6.45, 7) is 4.80. The standard InChI is InChI=1S/C10H23N3OS.HI/c1-9(15-4)8-13-10(11-2)12-6-5-7-14-3;/h9H,5-8H2,1-4H3,(H2,11,12,13);1H. The highest BCUT2D eigenvalue weighted by atomic mass is 127. The van der Waals surface area contributed by atoms with Crippen LogP contribution in [0.2, 0.25) is 0 Å². The molecule has 0 aromatic rings. The molecule has 2 N–H and O–H groups in total. The zero-order chi connectivity index (χ0) is 11.5. The molecule has 0 aromatic heterocycles. The highest BCUT2D eigenvalue weighted by Gasteiger charge is 2.00. The summed E-state index contributed by atoms with van der Waals surface area (Å²) in [6, 6.07) is 0. The Morgan fingerprint density at radius 2 is 2.12 bits per heavy atom. The fourth-order valence-corrected chi connectivity index (χ4v) is 1.22. The van der Waals surface area contributed by atoms with Gasteiger partial charge >= 0.3 is 0 Å². The van der Waals surface area contributed by atoms with Crippen molar-refractivity contribution in [2.75, 3.05) is 40.1 Å². The topological polar surface area (TPSA) is 45.7 Å². The summed E-state index contributed by atoms with van der Waals surface area (Å²) >= 11 is 1.84. The first-order valence-corrected chi connectivity index (χ1v) is 6.49. The van der Waals surface area contributed by atoms with Gasteiger partial charge in [0.2, 0.25) is 0 Å². The molecule has 0 bridgehead atoms. The Bertz CT molecular complexity index is 181. The van der Waals surface area contributed by atoms with Crippen molar-refractivity contribution >= 4 is 41.7 Å². The van der Waals surface area contributed by atoms with Gasteiger partial charge in [0.15, 0.2) is 5.96 Å². The predicted molar refractivity (Wildman–Crippen MR) is 84.2 cm³/mol. The summed E-state index contributed by atoms with van der Waals surface area (Å²) in [5.74, 6) is 0.868. The van der Waals surface area contributed by atoms with Crippen LogP contribution in [-0.4, -0.2) is 51.3 Å². The van der Waals surface area contributed by atoms with Crippen LogP contribution in [0.25, 0.3) is 0 Å². The summed E-state index contributed by atoms with van der Waals surface area (Å²) in [5, 5.41) is 7.11. The Balaban J connectivity index is 0. The molecule has 1 unspecified atom stereocenters. The maximum atomic E-state index is 4.97. The second kappa shape index (κ2) is 13.4. The molecule has 0 saturated heterocycles. The Morgan fingerprint density at radius 3 is 2.62 bits per heavy atom. The number of ether oxygens (including phenoxy) is 1. The zero-order valence-corrected chi connectivity index (χ0v) is 13.7. The molecule has 0 amide bonds. The second-order valence-electron chi connectivity index (χ2n) is 3.27. The molecular formula is C10H24IN3OS. The fourth-order valence-electron chi connectivity index (χ4n) is 0.968. The van der Waals surface area contributed by atoms with Crippen molar-refractivity contribution < 1.29 is 4.74 Å². The van der Waals surface area contributed by atoms with E-state index in [2.05, 4.69) is 28.8 Å². The zero-order valence-electron chi connectivity index (χ0n) is 10.6. The van der Waals surface area contributed by atoms with Gasteiger partial charge in [-0.1, -0.05) is 6.92 Å². The average Bonchev–Trinajstić information content (AvgIpc) is 2.27. The van der Waals surface area contributed by atoms with Crippen molar-refractivity contribution in [2.24, 2.45) is 4.99 Å². The number of nitrogens with one attached hydrogen (secondary N) is 2.